The predicted octanol–water partition coefficient (Wildman–Crippen LogP) is 2.38. The zero-order valence-corrected chi connectivity index (χ0v) is 9.57. The van der Waals surface area contributed by atoms with Crippen molar-refractivity contribution >= 4 is 17.6 Å². The molecule has 0 radical (unpaired) electrons. The van der Waals surface area contributed by atoms with Gasteiger partial charge in [-0.15, -0.1) is 0 Å². The first-order chi connectivity index (χ1) is 7.68. The highest BCUT2D eigenvalue weighted by atomic mass is 35.5. The first-order valence-corrected chi connectivity index (χ1v) is 6.05. The first kappa shape index (κ1) is 10.1. The number of halogens is 1. The van der Waals surface area contributed by atoms with Crippen molar-refractivity contribution < 1.29 is 9.90 Å². The number of rotatable bonds is 2. The molecule has 1 fully saturated rings. The van der Waals surface area contributed by atoms with Crippen molar-refractivity contribution in [2.45, 2.75) is 44.1 Å². The number of carboxylic acid groups (broad SMARTS) is 1. The van der Waals surface area contributed by atoms with Gasteiger partial charge in [-0.05, 0) is 25.7 Å². The molecule has 2 heterocycles. The topological polar surface area (TPSA) is 55.1 Å². The Bertz CT molecular complexity index is 451. The zero-order chi connectivity index (χ0) is 11.3. The monoisotopic (exact) mass is 240 g/mol. The number of carbonyl (C=O) groups is 1. The normalized spacial score (nSPS) is 24.2. The summed E-state index contributed by atoms with van der Waals surface area (Å²) >= 11 is 6.08. The lowest BCUT2D eigenvalue weighted by molar-refractivity contribution is -0.139. The zero-order valence-electron chi connectivity index (χ0n) is 8.82. The van der Waals surface area contributed by atoms with Gasteiger partial charge in [0.25, 0.3) is 0 Å². The highest BCUT2D eigenvalue weighted by molar-refractivity contribution is 6.30. The van der Waals surface area contributed by atoms with Crippen molar-refractivity contribution in [2.24, 2.45) is 0 Å². The molecule has 1 aliphatic carbocycles. The third kappa shape index (κ3) is 1.44. The van der Waals surface area contributed by atoms with Gasteiger partial charge in [-0.25, -0.2) is 4.98 Å². The largest absolute Gasteiger partial charge is 0.481 e. The van der Waals surface area contributed by atoms with E-state index in [1.807, 2.05) is 4.57 Å². The van der Waals surface area contributed by atoms with Gasteiger partial charge in [0.1, 0.15) is 11.7 Å². The first-order valence-electron chi connectivity index (χ1n) is 5.67. The lowest BCUT2D eigenvalue weighted by Gasteiger charge is -2.22. The van der Waals surface area contributed by atoms with E-state index in [4.69, 9.17) is 11.6 Å². The quantitative estimate of drug-likeness (QED) is 0.864. The minimum atomic E-state index is -0.787. The van der Waals surface area contributed by atoms with Gasteiger partial charge < -0.3 is 9.67 Å². The number of carboxylic acids is 1. The number of hydrogen-bond acceptors (Lipinski definition) is 2. The molecule has 2 aliphatic rings. The summed E-state index contributed by atoms with van der Waals surface area (Å²) in [5.74, 6) is 0.260. The van der Waals surface area contributed by atoms with E-state index >= 15 is 0 Å². The standard InChI is InChI=1S/C11H13ClN2O2/c12-9-8-7(11(15)16)2-1-5-14(8)10(13-9)6-3-4-6/h6-7H,1-5H2,(H,15,16). The van der Waals surface area contributed by atoms with Crippen LogP contribution in [0.4, 0.5) is 0 Å². The Morgan fingerprint density at radius 3 is 2.81 bits per heavy atom. The number of aromatic nitrogens is 2. The van der Waals surface area contributed by atoms with Gasteiger partial charge >= 0.3 is 5.97 Å². The average molecular weight is 241 g/mol. The van der Waals surface area contributed by atoms with Crippen molar-refractivity contribution in [3.05, 3.63) is 16.7 Å². The fraction of sp³-hybridized carbons (Fsp3) is 0.636. The van der Waals surface area contributed by atoms with E-state index in [9.17, 15) is 9.90 Å². The molecular weight excluding hydrogens is 228 g/mol. The minimum Gasteiger partial charge on any atom is -0.481 e. The fourth-order valence-corrected chi connectivity index (χ4v) is 2.82. The van der Waals surface area contributed by atoms with Crippen molar-refractivity contribution in [2.75, 3.05) is 0 Å². The Kier molecular flexibility index (Phi) is 2.21. The summed E-state index contributed by atoms with van der Waals surface area (Å²) in [4.78, 5) is 15.5. The van der Waals surface area contributed by atoms with E-state index in [0.717, 1.165) is 37.3 Å². The smallest absolute Gasteiger partial charge is 0.312 e. The van der Waals surface area contributed by atoms with Crippen LogP contribution < -0.4 is 0 Å². The number of fused-ring (bicyclic) bond motifs is 1. The summed E-state index contributed by atoms with van der Waals surface area (Å²) in [5, 5.41) is 9.57. The van der Waals surface area contributed by atoms with Crippen LogP contribution in [0.15, 0.2) is 0 Å². The molecule has 1 atom stereocenters. The second kappa shape index (κ2) is 3.48. The van der Waals surface area contributed by atoms with Crippen LogP contribution >= 0.6 is 11.6 Å². The molecule has 1 aromatic rings. The highest BCUT2D eigenvalue weighted by Crippen LogP contribution is 2.43. The molecule has 86 valence electrons. The van der Waals surface area contributed by atoms with Crippen LogP contribution in [0, 0.1) is 0 Å². The van der Waals surface area contributed by atoms with Gasteiger partial charge in [-0.2, -0.15) is 0 Å². The summed E-state index contributed by atoms with van der Waals surface area (Å²) in [7, 11) is 0. The van der Waals surface area contributed by atoms with E-state index in [-0.39, 0.29) is 0 Å². The molecule has 1 saturated carbocycles. The third-order valence-electron chi connectivity index (χ3n) is 3.44. The van der Waals surface area contributed by atoms with Gasteiger partial charge in [0.2, 0.25) is 0 Å². The Hall–Kier alpha value is -1.03. The maximum atomic E-state index is 11.2. The lowest BCUT2D eigenvalue weighted by atomic mass is 9.96. The summed E-state index contributed by atoms with van der Waals surface area (Å²) in [6, 6.07) is 0. The van der Waals surface area contributed by atoms with Crippen molar-refractivity contribution in [3.8, 4) is 0 Å². The van der Waals surface area contributed by atoms with Crippen LogP contribution in [-0.2, 0) is 11.3 Å². The van der Waals surface area contributed by atoms with E-state index in [0.29, 0.717) is 17.5 Å². The molecule has 1 unspecified atom stereocenters. The molecule has 0 bridgehead atoms. The average Bonchev–Trinajstić information content (AvgIpc) is 3.04. The molecule has 1 N–H and O–H groups in total. The van der Waals surface area contributed by atoms with Crippen LogP contribution in [0.2, 0.25) is 5.15 Å². The molecule has 0 saturated heterocycles. The van der Waals surface area contributed by atoms with E-state index in [1.165, 1.54) is 0 Å². The maximum Gasteiger partial charge on any atom is 0.312 e. The fourth-order valence-electron chi connectivity index (χ4n) is 2.50. The predicted molar refractivity (Wildman–Crippen MR) is 58.8 cm³/mol. The number of imidazole rings is 1. The van der Waals surface area contributed by atoms with Crippen LogP contribution in [-0.4, -0.2) is 20.6 Å². The summed E-state index contributed by atoms with van der Waals surface area (Å²) in [5.41, 5.74) is 0.724. The van der Waals surface area contributed by atoms with Gasteiger partial charge in [-0.1, -0.05) is 11.6 Å². The molecule has 0 spiro atoms. The molecule has 5 heteroatoms. The van der Waals surface area contributed by atoms with Gasteiger partial charge in [0.05, 0.1) is 5.69 Å². The summed E-state index contributed by atoms with van der Waals surface area (Å²) in [6.07, 6.45) is 3.89. The van der Waals surface area contributed by atoms with Crippen molar-refractivity contribution in [1.29, 1.82) is 0 Å². The Labute approximate surface area is 98.2 Å². The number of nitrogens with zero attached hydrogens (tertiary/aromatic N) is 2. The second-order valence-electron chi connectivity index (χ2n) is 4.61. The Balaban J connectivity index is 2.09. The second-order valence-corrected chi connectivity index (χ2v) is 4.96. The molecule has 1 aliphatic heterocycles. The molecule has 0 aromatic carbocycles. The van der Waals surface area contributed by atoms with Crippen LogP contribution in [0.3, 0.4) is 0 Å². The van der Waals surface area contributed by atoms with E-state index < -0.39 is 11.9 Å². The van der Waals surface area contributed by atoms with Gasteiger partial charge in [0, 0.05) is 12.5 Å². The lowest BCUT2D eigenvalue weighted by Crippen LogP contribution is -2.22. The molecule has 4 nitrogen and oxygen atoms in total. The SMILES string of the molecule is O=C(O)C1CCCn2c(C3CC3)nc(Cl)c21. The number of hydrogen-bond donors (Lipinski definition) is 1. The molecule has 1 aromatic heterocycles. The molecule has 16 heavy (non-hydrogen) atoms. The maximum absolute atomic E-state index is 11.2. The summed E-state index contributed by atoms with van der Waals surface area (Å²) in [6.45, 7) is 0.866. The Morgan fingerprint density at radius 1 is 1.44 bits per heavy atom. The van der Waals surface area contributed by atoms with Crippen molar-refractivity contribution in [3.63, 3.8) is 0 Å². The molecule has 0 amide bonds. The number of aliphatic carboxylic acids is 1. The van der Waals surface area contributed by atoms with Gasteiger partial charge in [0.15, 0.2) is 5.15 Å². The Morgan fingerprint density at radius 2 is 2.19 bits per heavy atom. The van der Waals surface area contributed by atoms with Crippen LogP contribution in [0.1, 0.15) is 49.0 Å². The van der Waals surface area contributed by atoms with Crippen molar-refractivity contribution in [1.82, 2.24) is 9.55 Å². The van der Waals surface area contributed by atoms with Gasteiger partial charge in [-0.3, -0.25) is 4.79 Å². The third-order valence-corrected chi connectivity index (χ3v) is 3.71. The van der Waals surface area contributed by atoms with Crippen LogP contribution in [0.25, 0.3) is 0 Å². The molecule has 3 rings (SSSR count). The summed E-state index contributed by atoms with van der Waals surface area (Å²) < 4.78 is 2.04. The minimum absolute atomic E-state index is 0.397. The molecular formula is C11H13ClN2O2. The van der Waals surface area contributed by atoms with E-state index in [2.05, 4.69) is 4.98 Å². The van der Waals surface area contributed by atoms with Crippen LogP contribution in [0.5, 0.6) is 0 Å². The van der Waals surface area contributed by atoms with E-state index in [1.54, 1.807) is 0 Å². The highest BCUT2D eigenvalue weighted by Gasteiger charge is 2.36.